The van der Waals surface area contributed by atoms with Gasteiger partial charge in [-0.2, -0.15) is 9.78 Å². The Kier molecular flexibility index (Phi) is 5.84. The van der Waals surface area contributed by atoms with Gasteiger partial charge in [0, 0.05) is 11.8 Å². The summed E-state index contributed by atoms with van der Waals surface area (Å²) in [5.41, 5.74) is 4.39. The number of anilines is 1. The third-order valence-electron chi connectivity index (χ3n) is 5.46. The first-order valence-corrected chi connectivity index (χ1v) is 11.7. The number of aryl methyl sites for hydroxylation is 3. The van der Waals surface area contributed by atoms with Crippen molar-refractivity contribution in [2.75, 3.05) is 5.32 Å². The van der Waals surface area contributed by atoms with Crippen LogP contribution in [0.1, 0.15) is 27.2 Å². The molecule has 2 aromatic carbocycles. The van der Waals surface area contributed by atoms with E-state index in [1.165, 1.54) is 28.4 Å². The molecule has 1 N–H and O–H groups in total. The lowest BCUT2D eigenvalue weighted by molar-refractivity contribution is 0.102. The molecule has 0 unspecified atom stereocenters. The van der Waals surface area contributed by atoms with Gasteiger partial charge in [-0.15, -0.1) is 11.3 Å². The predicted molar refractivity (Wildman–Crippen MR) is 136 cm³/mol. The van der Waals surface area contributed by atoms with Gasteiger partial charge in [-0.3, -0.25) is 9.59 Å². The molecule has 5 rings (SSSR count). The number of hydrogen-bond acceptors (Lipinski definition) is 7. The smallest absolute Gasteiger partial charge is 0.276 e. The van der Waals surface area contributed by atoms with Crippen LogP contribution in [0.4, 0.5) is 5.69 Å². The standard InChI is InChI=1S/C26H21N5O3S/c1-15-4-9-21(16(2)12-15)31-22(32)13-17(3)23(30-31)25(33)29-18-5-7-19(8-6-18)34-26-24-20(10-11-35-24)27-14-28-26/h4-14H,1-3H3,(H,29,33). The van der Waals surface area contributed by atoms with Crippen molar-refractivity contribution >= 4 is 33.1 Å². The molecule has 0 saturated heterocycles. The molecule has 0 spiro atoms. The lowest BCUT2D eigenvalue weighted by atomic mass is 10.1. The first-order valence-electron chi connectivity index (χ1n) is 10.8. The highest BCUT2D eigenvalue weighted by atomic mass is 32.1. The number of carbonyl (C=O) groups excluding carboxylic acids is 1. The Hall–Kier alpha value is -4.37. The first kappa shape index (κ1) is 22.4. The molecule has 8 nitrogen and oxygen atoms in total. The maximum atomic E-state index is 13.0. The normalized spacial score (nSPS) is 10.9. The van der Waals surface area contributed by atoms with Crippen molar-refractivity contribution in [2.45, 2.75) is 20.8 Å². The highest BCUT2D eigenvalue weighted by Crippen LogP contribution is 2.30. The van der Waals surface area contributed by atoms with Crippen LogP contribution in [-0.2, 0) is 0 Å². The maximum Gasteiger partial charge on any atom is 0.276 e. The number of rotatable bonds is 5. The molecule has 0 radical (unpaired) electrons. The Morgan fingerprint density at radius 1 is 0.971 bits per heavy atom. The van der Waals surface area contributed by atoms with Gasteiger partial charge in [0.1, 0.15) is 16.8 Å². The van der Waals surface area contributed by atoms with Gasteiger partial charge in [-0.05, 0) is 73.7 Å². The van der Waals surface area contributed by atoms with Crippen LogP contribution in [0.2, 0.25) is 0 Å². The summed E-state index contributed by atoms with van der Waals surface area (Å²) in [5, 5.41) is 9.16. The third-order valence-corrected chi connectivity index (χ3v) is 6.35. The minimum Gasteiger partial charge on any atom is -0.437 e. The summed E-state index contributed by atoms with van der Waals surface area (Å²) >= 11 is 1.51. The van der Waals surface area contributed by atoms with E-state index in [4.69, 9.17) is 4.74 Å². The van der Waals surface area contributed by atoms with E-state index in [2.05, 4.69) is 20.4 Å². The zero-order chi connectivity index (χ0) is 24.5. The van der Waals surface area contributed by atoms with Crippen LogP contribution in [0.25, 0.3) is 15.9 Å². The van der Waals surface area contributed by atoms with Gasteiger partial charge in [-0.1, -0.05) is 17.7 Å². The zero-order valence-corrected chi connectivity index (χ0v) is 20.1. The molecule has 0 bridgehead atoms. The van der Waals surface area contributed by atoms with E-state index >= 15 is 0 Å². The second kappa shape index (κ2) is 9.11. The van der Waals surface area contributed by atoms with Gasteiger partial charge in [0.15, 0.2) is 5.69 Å². The molecule has 0 atom stereocenters. The summed E-state index contributed by atoms with van der Waals surface area (Å²) in [7, 11) is 0. The average molecular weight is 484 g/mol. The second-order valence-electron chi connectivity index (χ2n) is 8.11. The van der Waals surface area contributed by atoms with E-state index in [0.717, 1.165) is 21.3 Å². The maximum absolute atomic E-state index is 13.0. The predicted octanol–water partition coefficient (Wildman–Crippen LogP) is 5.21. The van der Waals surface area contributed by atoms with Crippen LogP contribution in [0.5, 0.6) is 11.6 Å². The summed E-state index contributed by atoms with van der Waals surface area (Å²) in [5.74, 6) is 0.648. The Labute approximate surface area is 204 Å². The molecule has 35 heavy (non-hydrogen) atoms. The summed E-state index contributed by atoms with van der Waals surface area (Å²) in [4.78, 5) is 34.1. The Balaban J connectivity index is 1.37. The number of hydrogen-bond donors (Lipinski definition) is 1. The summed E-state index contributed by atoms with van der Waals surface area (Å²) in [6.45, 7) is 5.58. The highest BCUT2D eigenvalue weighted by molar-refractivity contribution is 7.17. The van der Waals surface area contributed by atoms with Crippen molar-refractivity contribution in [1.82, 2.24) is 19.7 Å². The Morgan fingerprint density at radius 3 is 2.54 bits per heavy atom. The van der Waals surface area contributed by atoms with Gasteiger partial charge < -0.3 is 10.1 Å². The molecule has 0 aliphatic rings. The van der Waals surface area contributed by atoms with Crippen LogP contribution >= 0.6 is 11.3 Å². The molecule has 174 valence electrons. The molecule has 5 aromatic rings. The van der Waals surface area contributed by atoms with Gasteiger partial charge in [0.05, 0.1) is 11.2 Å². The molecular formula is C26H21N5O3S. The van der Waals surface area contributed by atoms with Crippen molar-refractivity contribution in [1.29, 1.82) is 0 Å². The minimum atomic E-state index is -0.411. The number of carbonyl (C=O) groups is 1. The van der Waals surface area contributed by atoms with Gasteiger partial charge in [0.25, 0.3) is 11.5 Å². The molecular weight excluding hydrogens is 462 g/mol. The quantitative estimate of drug-likeness (QED) is 0.369. The van der Waals surface area contributed by atoms with Crippen LogP contribution < -0.4 is 15.6 Å². The SMILES string of the molecule is Cc1ccc(-n2nc(C(=O)Nc3ccc(Oc4ncnc5ccsc45)cc3)c(C)cc2=O)c(C)c1. The largest absolute Gasteiger partial charge is 0.437 e. The second-order valence-corrected chi connectivity index (χ2v) is 9.03. The van der Waals surface area contributed by atoms with Gasteiger partial charge in [-0.25, -0.2) is 9.97 Å². The monoisotopic (exact) mass is 483 g/mol. The Bertz CT molecular complexity index is 1620. The summed E-state index contributed by atoms with van der Waals surface area (Å²) < 4.78 is 8.04. The van der Waals surface area contributed by atoms with Crippen molar-refractivity contribution in [3.63, 3.8) is 0 Å². The summed E-state index contributed by atoms with van der Waals surface area (Å²) in [6, 6.07) is 16.0. The lowest BCUT2D eigenvalue weighted by Crippen LogP contribution is -2.27. The number of nitrogens with one attached hydrogen (secondary N) is 1. The zero-order valence-electron chi connectivity index (χ0n) is 19.3. The van der Waals surface area contributed by atoms with E-state index in [9.17, 15) is 9.59 Å². The molecule has 0 saturated carbocycles. The number of fused-ring (bicyclic) bond motifs is 1. The third kappa shape index (κ3) is 4.53. The molecule has 0 aliphatic carbocycles. The molecule has 0 fully saturated rings. The summed E-state index contributed by atoms with van der Waals surface area (Å²) in [6.07, 6.45) is 1.46. The minimum absolute atomic E-state index is 0.172. The number of thiophene rings is 1. The van der Waals surface area contributed by atoms with Crippen molar-refractivity contribution in [3.8, 4) is 17.3 Å². The fraction of sp³-hybridized carbons (Fsp3) is 0.115. The average Bonchev–Trinajstić information content (AvgIpc) is 3.31. The van der Waals surface area contributed by atoms with E-state index in [1.54, 1.807) is 31.2 Å². The topological polar surface area (TPSA) is 99.0 Å². The van der Waals surface area contributed by atoms with E-state index in [0.29, 0.717) is 28.6 Å². The van der Waals surface area contributed by atoms with Crippen LogP contribution in [0, 0.1) is 20.8 Å². The van der Waals surface area contributed by atoms with Crippen LogP contribution in [0.3, 0.4) is 0 Å². The van der Waals surface area contributed by atoms with Crippen LogP contribution in [0.15, 0.2) is 71.1 Å². The van der Waals surface area contributed by atoms with Crippen molar-refractivity contribution < 1.29 is 9.53 Å². The fourth-order valence-electron chi connectivity index (χ4n) is 3.73. The number of amides is 1. The molecule has 9 heteroatoms. The first-order chi connectivity index (χ1) is 16.9. The molecule has 3 aromatic heterocycles. The van der Waals surface area contributed by atoms with E-state index in [1.807, 2.05) is 43.5 Å². The van der Waals surface area contributed by atoms with Crippen molar-refractivity contribution in [3.05, 3.63) is 99.0 Å². The van der Waals surface area contributed by atoms with Crippen molar-refractivity contribution in [2.24, 2.45) is 0 Å². The Morgan fingerprint density at radius 2 is 1.77 bits per heavy atom. The number of aromatic nitrogens is 4. The fourth-order valence-corrected chi connectivity index (χ4v) is 4.50. The van der Waals surface area contributed by atoms with Gasteiger partial charge in [0.2, 0.25) is 5.88 Å². The molecule has 3 heterocycles. The highest BCUT2D eigenvalue weighted by Gasteiger charge is 2.16. The number of ether oxygens (including phenoxy) is 1. The number of benzene rings is 2. The van der Waals surface area contributed by atoms with Crippen LogP contribution in [-0.4, -0.2) is 25.7 Å². The lowest BCUT2D eigenvalue weighted by Gasteiger charge is -2.12. The van der Waals surface area contributed by atoms with Gasteiger partial charge >= 0.3 is 0 Å². The van der Waals surface area contributed by atoms with E-state index in [-0.39, 0.29) is 11.3 Å². The van der Waals surface area contributed by atoms with E-state index < -0.39 is 5.91 Å². The molecule has 0 aliphatic heterocycles. The molecule has 1 amide bonds. The number of nitrogens with zero attached hydrogens (tertiary/aromatic N) is 4.